The lowest BCUT2D eigenvalue weighted by Gasteiger charge is -2.37. The first kappa shape index (κ1) is 22.9. The third-order valence-electron chi connectivity index (χ3n) is 4.73. The lowest BCUT2D eigenvalue weighted by Crippen LogP contribution is -2.50. The van der Waals surface area contributed by atoms with Crippen molar-refractivity contribution in [1.82, 2.24) is 9.73 Å². The van der Waals surface area contributed by atoms with E-state index in [-0.39, 0.29) is 11.9 Å². The summed E-state index contributed by atoms with van der Waals surface area (Å²) in [5.41, 5.74) is 1.85. The molecule has 0 aliphatic carbocycles. The number of hydrogen-bond acceptors (Lipinski definition) is 6. The molecule has 2 aromatic rings. The van der Waals surface area contributed by atoms with Crippen molar-refractivity contribution < 1.29 is 13.9 Å². The van der Waals surface area contributed by atoms with Gasteiger partial charge in [0.25, 0.3) is 0 Å². The number of hydrogen-bond donors (Lipinski definition) is 1. The molecule has 2 aromatic carbocycles. The Hall–Kier alpha value is -2.74. The summed E-state index contributed by atoms with van der Waals surface area (Å²) in [6, 6.07) is 13.0. The molecule has 1 aliphatic heterocycles. The number of halogens is 1. The van der Waals surface area contributed by atoms with Gasteiger partial charge in [0.15, 0.2) is 0 Å². The van der Waals surface area contributed by atoms with E-state index in [1.807, 2.05) is 58.0 Å². The number of rotatable bonds is 5. The van der Waals surface area contributed by atoms with Crippen LogP contribution in [0.4, 0.5) is 14.9 Å². The van der Waals surface area contributed by atoms with Crippen LogP contribution in [0.5, 0.6) is 0 Å². The summed E-state index contributed by atoms with van der Waals surface area (Å²) in [4.78, 5) is 20.0. The first-order chi connectivity index (χ1) is 14.7. The molecular weight excluding hydrogens is 415 g/mol. The lowest BCUT2D eigenvalue weighted by atomic mass is 10.1. The Morgan fingerprint density at radius 3 is 2.45 bits per heavy atom. The number of carbonyl (C=O) groups excluding carboxylic acids is 1. The third-order valence-corrected chi connectivity index (χ3v) is 5.44. The van der Waals surface area contributed by atoms with Gasteiger partial charge in [0.05, 0.1) is 11.8 Å². The molecule has 1 amide bonds. The van der Waals surface area contributed by atoms with Gasteiger partial charge >= 0.3 is 6.09 Å². The highest BCUT2D eigenvalue weighted by Crippen LogP contribution is 2.24. The Labute approximate surface area is 187 Å². The molecule has 1 heterocycles. The number of nitrogens with zero attached hydrogens (tertiary/aromatic N) is 3. The predicted octanol–water partition coefficient (Wildman–Crippen LogP) is 4.82. The summed E-state index contributed by atoms with van der Waals surface area (Å²) < 4.78 is 20.0. The second kappa shape index (κ2) is 10.0. The van der Waals surface area contributed by atoms with Gasteiger partial charge in [-0.05, 0) is 52.0 Å². The van der Waals surface area contributed by atoms with Crippen LogP contribution in [0.2, 0.25) is 0 Å². The number of hydrazone groups is 1. The normalized spacial score (nSPS) is 14.7. The largest absolute Gasteiger partial charge is 0.444 e. The summed E-state index contributed by atoms with van der Waals surface area (Å²) in [7, 11) is 0. The molecule has 3 rings (SSSR count). The van der Waals surface area contributed by atoms with Crippen molar-refractivity contribution >= 4 is 29.9 Å². The highest BCUT2D eigenvalue weighted by atomic mass is 32.2. The zero-order chi connectivity index (χ0) is 22.4. The molecule has 6 nitrogen and oxygen atoms in total. The van der Waals surface area contributed by atoms with E-state index in [0.717, 1.165) is 10.6 Å². The molecule has 0 radical (unpaired) electrons. The number of nitrogens with one attached hydrogen (secondary N) is 1. The summed E-state index contributed by atoms with van der Waals surface area (Å²) in [6.45, 7) is 9.81. The maximum atomic E-state index is 14.6. The molecule has 166 valence electrons. The molecular formula is C23H29FN4O2S. The smallest absolute Gasteiger partial charge is 0.410 e. The molecule has 1 N–H and O–H groups in total. The minimum atomic E-state index is -0.524. The molecule has 1 fully saturated rings. The monoisotopic (exact) mass is 444 g/mol. The molecule has 1 saturated heterocycles. The number of ether oxygens (including phenoxy) is 1. The molecule has 0 saturated carbocycles. The van der Waals surface area contributed by atoms with Gasteiger partial charge in [-0.3, -0.25) is 0 Å². The third kappa shape index (κ3) is 6.62. The number of aryl methyl sites for hydroxylation is 1. The van der Waals surface area contributed by atoms with Crippen LogP contribution in [0.15, 0.2) is 52.5 Å². The van der Waals surface area contributed by atoms with Crippen molar-refractivity contribution in [1.29, 1.82) is 0 Å². The predicted molar refractivity (Wildman–Crippen MR) is 124 cm³/mol. The van der Waals surface area contributed by atoms with E-state index >= 15 is 0 Å². The molecule has 8 heteroatoms. The Balaban J connectivity index is 1.62. The van der Waals surface area contributed by atoms with Crippen molar-refractivity contribution in [3.05, 3.63) is 59.4 Å². The molecule has 0 bridgehead atoms. The second-order valence-electron chi connectivity index (χ2n) is 8.39. The van der Waals surface area contributed by atoms with E-state index in [4.69, 9.17) is 4.74 Å². The number of amides is 1. The van der Waals surface area contributed by atoms with Crippen molar-refractivity contribution in [3.63, 3.8) is 0 Å². The van der Waals surface area contributed by atoms with Crippen LogP contribution in [0.3, 0.4) is 0 Å². The first-order valence-corrected chi connectivity index (χ1v) is 11.1. The molecule has 0 unspecified atom stereocenters. The fraction of sp³-hybridized carbons (Fsp3) is 0.391. The van der Waals surface area contributed by atoms with E-state index in [1.165, 1.54) is 29.8 Å². The van der Waals surface area contributed by atoms with Crippen LogP contribution in [0.25, 0.3) is 0 Å². The van der Waals surface area contributed by atoms with Crippen LogP contribution in [0.1, 0.15) is 31.9 Å². The van der Waals surface area contributed by atoms with Crippen molar-refractivity contribution in [2.45, 2.75) is 38.2 Å². The maximum Gasteiger partial charge on any atom is 0.410 e. The zero-order valence-electron chi connectivity index (χ0n) is 18.4. The molecule has 1 aliphatic rings. The number of anilines is 1. The van der Waals surface area contributed by atoms with Gasteiger partial charge in [-0.15, -0.1) is 0 Å². The summed E-state index contributed by atoms with van der Waals surface area (Å²) >= 11 is 1.36. The Morgan fingerprint density at radius 1 is 1.13 bits per heavy atom. The number of carbonyl (C=O) groups is 1. The molecule has 0 atom stereocenters. The van der Waals surface area contributed by atoms with E-state index in [2.05, 4.69) is 14.8 Å². The Morgan fingerprint density at radius 2 is 1.81 bits per heavy atom. The summed E-state index contributed by atoms with van der Waals surface area (Å²) in [5, 5.41) is 4.20. The van der Waals surface area contributed by atoms with Crippen LogP contribution in [-0.2, 0) is 4.74 Å². The Kier molecular flexibility index (Phi) is 7.43. The minimum absolute atomic E-state index is 0.314. The van der Waals surface area contributed by atoms with Gasteiger partial charge < -0.3 is 14.5 Å². The van der Waals surface area contributed by atoms with Gasteiger partial charge in [0, 0.05) is 48.7 Å². The standard InChI is InChI=1S/C23H29FN4O2S/c1-17-8-10-18(11-9-17)31-26-25-16-19-20(24)6-5-7-21(19)27-12-14-28(15-13-27)22(29)30-23(2,3)4/h5-11,16,26H,12-15H2,1-4H3/b25-16+. The summed E-state index contributed by atoms with van der Waals surface area (Å²) in [5.74, 6) is -0.335. The van der Waals surface area contributed by atoms with Gasteiger partial charge in [0.1, 0.15) is 11.4 Å². The first-order valence-electron chi connectivity index (χ1n) is 10.3. The van der Waals surface area contributed by atoms with Gasteiger partial charge in [-0.25, -0.2) is 14.0 Å². The fourth-order valence-electron chi connectivity index (χ4n) is 3.16. The quantitative estimate of drug-likeness (QED) is 0.407. The van der Waals surface area contributed by atoms with Crippen molar-refractivity contribution in [2.75, 3.05) is 31.1 Å². The maximum absolute atomic E-state index is 14.6. The molecule has 31 heavy (non-hydrogen) atoms. The van der Waals surface area contributed by atoms with Gasteiger partial charge in [-0.2, -0.15) is 5.10 Å². The zero-order valence-corrected chi connectivity index (χ0v) is 19.2. The van der Waals surface area contributed by atoms with E-state index in [1.54, 1.807) is 11.0 Å². The highest BCUT2D eigenvalue weighted by Gasteiger charge is 2.26. The summed E-state index contributed by atoms with van der Waals surface area (Å²) in [6.07, 6.45) is 1.19. The van der Waals surface area contributed by atoms with Crippen LogP contribution in [0, 0.1) is 12.7 Å². The second-order valence-corrected chi connectivity index (χ2v) is 9.25. The highest BCUT2D eigenvalue weighted by molar-refractivity contribution is 7.97. The van der Waals surface area contributed by atoms with Crippen LogP contribution < -0.4 is 9.73 Å². The number of benzene rings is 2. The van der Waals surface area contributed by atoms with Crippen LogP contribution in [-0.4, -0.2) is 49.0 Å². The molecule has 0 aromatic heterocycles. The van der Waals surface area contributed by atoms with E-state index in [9.17, 15) is 9.18 Å². The average molecular weight is 445 g/mol. The van der Waals surface area contributed by atoms with Crippen LogP contribution >= 0.6 is 11.9 Å². The average Bonchev–Trinajstić information content (AvgIpc) is 2.72. The van der Waals surface area contributed by atoms with Gasteiger partial charge in [-0.1, -0.05) is 23.8 Å². The Bertz CT molecular complexity index is 920. The van der Waals surface area contributed by atoms with E-state index in [0.29, 0.717) is 31.7 Å². The van der Waals surface area contributed by atoms with Gasteiger partial charge in [0.2, 0.25) is 0 Å². The SMILES string of the molecule is Cc1ccc(SN/N=C/c2c(F)cccc2N2CCN(C(=O)OC(C)(C)C)CC2)cc1. The number of piperazine rings is 1. The minimum Gasteiger partial charge on any atom is -0.444 e. The molecule has 0 spiro atoms. The topological polar surface area (TPSA) is 57.2 Å². The lowest BCUT2D eigenvalue weighted by molar-refractivity contribution is 0.0240. The van der Waals surface area contributed by atoms with E-state index < -0.39 is 5.60 Å². The van der Waals surface area contributed by atoms with Crippen molar-refractivity contribution in [3.8, 4) is 0 Å². The fourth-order valence-corrected chi connectivity index (χ4v) is 3.64. The van der Waals surface area contributed by atoms with Crippen molar-refractivity contribution in [2.24, 2.45) is 5.10 Å².